The van der Waals surface area contributed by atoms with Gasteiger partial charge in [0.05, 0.1) is 24.0 Å². The van der Waals surface area contributed by atoms with E-state index in [9.17, 15) is 13.2 Å². The van der Waals surface area contributed by atoms with Gasteiger partial charge in [-0.15, -0.1) is 18.3 Å². The zero-order valence-corrected chi connectivity index (χ0v) is 19.7. The van der Waals surface area contributed by atoms with Crippen LogP contribution in [-0.4, -0.2) is 51.3 Å². The lowest BCUT2D eigenvalue weighted by Gasteiger charge is -2.16. The number of benzene rings is 2. The van der Waals surface area contributed by atoms with Crippen molar-refractivity contribution in [2.45, 2.75) is 12.5 Å². The molecule has 2 aromatic carbocycles. The maximum atomic E-state index is 10.7. The fourth-order valence-corrected chi connectivity index (χ4v) is 3.41. The number of pyridine rings is 1. The second-order valence-corrected chi connectivity index (χ2v) is 7.88. The highest BCUT2D eigenvalue weighted by atomic mass is 32.2. The number of hydrogen-bond acceptors (Lipinski definition) is 7. The number of methoxy groups -OCH3 is 1. The van der Waals surface area contributed by atoms with Crippen LogP contribution in [0, 0.1) is 0 Å². The van der Waals surface area contributed by atoms with Gasteiger partial charge in [0.15, 0.2) is 12.4 Å². The lowest BCUT2D eigenvalue weighted by atomic mass is 10.1. The number of para-hydroxylation sites is 1. The first-order valence-corrected chi connectivity index (χ1v) is 11.1. The molecule has 9 nitrogen and oxygen atoms in total. The SMILES string of the molecule is COc1ccc(C(n2nnc3ccccc32)[n+]2ccc(N(C)C)cc2)cc1.O=S([O-])OC(F)(F)F. The summed E-state index contributed by atoms with van der Waals surface area (Å²) >= 11 is -3.51. The van der Waals surface area contributed by atoms with E-state index in [1.54, 1.807) is 7.11 Å². The Morgan fingerprint density at radius 2 is 1.69 bits per heavy atom. The zero-order chi connectivity index (χ0) is 25.6. The Bertz CT molecular complexity index is 1260. The predicted octanol–water partition coefficient (Wildman–Crippen LogP) is 3.21. The van der Waals surface area contributed by atoms with Gasteiger partial charge in [0, 0.05) is 37.5 Å². The van der Waals surface area contributed by atoms with E-state index in [1.807, 2.05) is 55.2 Å². The van der Waals surface area contributed by atoms with Gasteiger partial charge in [-0.25, -0.2) is 8.39 Å². The molecule has 0 bridgehead atoms. The van der Waals surface area contributed by atoms with Crippen LogP contribution >= 0.6 is 0 Å². The van der Waals surface area contributed by atoms with Crippen molar-refractivity contribution < 1.29 is 35.4 Å². The van der Waals surface area contributed by atoms with Crippen molar-refractivity contribution in [3.63, 3.8) is 0 Å². The Labute approximate surface area is 201 Å². The van der Waals surface area contributed by atoms with Gasteiger partial charge in [-0.3, -0.25) is 0 Å². The van der Waals surface area contributed by atoms with E-state index < -0.39 is 17.7 Å². The lowest BCUT2D eigenvalue weighted by Crippen LogP contribution is -2.44. The molecule has 2 unspecified atom stereocenters. The van der Waals surface area contributed by atoms with Crippen LogP contribution < -0.4 is 14.2 Å². The van der Waals surface area contributed by atoms with Crippen LogP contribution in [-0.2, 0) is 15.5 Å². The summed E-state index contributed by atoms with van der Waals surface area (Å²) < 4.78 is 62.0. The number of nitrogens with zero attached hydrogens (tertiary/aromatic N) is 5. The average molecular weight is 510 g/mol. The molecule has 0 N–H and O–H groups in total. The first-order chi connectivity index (χ1) is 16.6. The van der Waals surface area contributed by atoms with Gasteiger partial charge < -0.3 is 14.2 Å². The topological polar surface area (TPSA) is 96.4 Å². The summed E-state index contributed by atoms with van der Waals surface area (Å²) in [4.78, 5) is 2.08. The van der Waals surface area contributed by atoms with Crippen molar-refractivity contribution in [3.8, 4) is 5.75 Å². The Hall–Kier alpha value is -3.55. The molecule has 0 amide bonds. The van der Waals surface area contributed by atoms with Crippen molar-refractivity contribution in [3.05, 3.63) is 78.6 Å². The third kappa shape index (κ3) is 6.97. The zero-order valence-electron chi connectivity index (χ0n) is 18.9. The predicted molar refractivity (Wildman–Crippen MR) is 121 cm³/mol. The molecule has 0 spiro atoms. The van der Waals surface area contributed by atoms with E-state index in [-0.39, 0.29) is 6.17 Å². The minimum Gasteiger partial charge on any atom is -0.750 e. The Morgan fingerprint density at radius 3 is 2.20 bits per heavy atom. The summed E-state index contributed by atoms with van der Waals surface area (Å²) in [5.41, 5.74) is 4.10. The fraction of sp³-hybridized carbons (Fsp3) is 0.227. The molecule has 0 saturated heterocycles. The van der Waals surface area contributed by atoms with Crippen molar-refractivity contribution in [1.29, 1.82) is 0 Å². The quantitative estimate of drug-likeness (QED) is 0.291. The number of anilines is 1. The normalized spacial score (nSPS) is 13.0. The van der Waals surface area contributed by atoms with E-state index in [0.717, 1.165) is 28.0 Å². The molecule has 186 valence electrons. The minimum absolute atomic E-state index is 0.153. The molecular formula is C22H22F3N5O4S. The summed E-state index contributed by atoms with van der Waals surface area (Å²) in [6.45, 7) is 0. The molecule has 0 radical (unpaired) electrons. The number of ether oxygens (including phenoxy) is 1. The molecule has 2 heterocycles. The third-order valence-corrected chi connectivity index (χ3v) is 5.14. The molecule has 0 fully saturated rings. The standard InChI is InChI=1S/C21H22N5O.CHF3O3S/c1-24(2)17-12-14-25(15-13-17)21(16-8-10-18(27-3)11-9-16)26-20-7-5-4-6-19(20)22-23-26;2-1(3,4)7-8(5)6/h4-15,21H,1-3H3;(H,5,6)/q+1;/p-1. The van der Waals surface area contributed by atoms with E-state index in [0.29, 0.717) is 0 Å². The molecule has 4 rings (SSSR count). The molecular weight excluding hydrogens is 487 g/mol. The summed E-state index contributed by atoms with van der Waals surface area (Å²) in [6, 6.07) is 20.2. The molecule has 2 atom stereocenters. The first-order valence-electron chi connectivity index (χ1n) is 10.1. The monoisotopic (exact) mass is 509 g/mol. The van der Waals surface area contributed by atoms with Crippen molar-refractivity contribution in [2.75, 3.05) is 26.1 Å². The van der Waals surface area contributed by atoms with Gasteiger partial charge in [0.2, 0.25) is 0 Å². The van der Waals surface area contributed by atoms with E-state index in [1.165, 1.54) is 0 Å². The third-order valence-electron chi connectivity index (χ3n) is 4.82. The number of rotatable bonds is 6. The lowest BCUT2D eigenvalue weighted by molar-refractivity contribution is -0.719. The van der Waals surface area contributed by atoms with Crippen molar-refractivity contribution in [1.82, 2.24) is 15.0 Å². The Morgan fingerprint density at radius 1 is 1.06 bits per heavy atom. The van der Waals surface area contributed by atoms with Gasteiger partial charge in [-0.05, 0) is 36.4 Å². The minimum atomic E-state index is -5.09. The first kappa shape index (κ1) is 26.1. The molecule has 2 aromatic heterocycles. The highest BCUT2D eigenvalue weighted by Crippen LogP contribution is 2.23. The molecule has 0 aliphatic rings. The van der Waals surface area contributed by atoms with Crippen LogP contribution in [0.1, 0.15) is 11.7 Å². The summed E-state index contributed by atoms with van der Waals surface area (Å²) in [6.07, 6.45) is -1.10. The van der Waals surface area contributed by atoms with Crippen molar-refractivity contribution >= 4 is 28.1 Å². The molecule has 4 aromatic rings. The second-order valence-electron chi connectivity index (χ2n) is 7.30. The smallest absolute Gasteiger partial charge is 0.534 e. The largest absolute Gasteiger partial charge is 0.750 e. The summed E-state index contributed by atoms with van der Waals surface area (Å²) in [7, 11) is 5.74. The maximum absolute atomic E-state index is 10.7. The van der Waals surface area contributed by atoms with Crippen LogP contribution in [0.25, 0.3) is 11.0 Å². The number of hydrogen-bond donors (Lipinski definition) is 0. The summed E-state index contributed by atoms with van der Waals surface area (Å²) in [5.74, 6) is 0.828. The number of aromatic nitrogens is 4. The highest BCUT2D eigenvalue weighted by molar-refractivity contribution is 7.74. The average Bonchev–Trinajstić information content (AvgIpc) is 3.23. The van der Waals surface area contributed by atoms with Gasteiger partial charge in [0.1, 0.15) is 11.3 Å². The maximum Gasteiger partial charge on any atom is 0.534 e. The second kappa shape index (κ2) is 11.3. The van der Waals surface area contributed by atoms with E-state index in [4.69, 9.17) is 13.5 Å². The number of alkyl halides is 3. The van der Waals surface area contributed by atoms with Gasteiger partial charge >= 0.3 is 6.36 Å². The molecule has 13 heteroatoms. The van der Waals surface area contributed by atoms with Crippen LogP contribution in [0.5, 0.6) is 5.75 Å². The number of fused-ring (bicyclic) bond motifs is 1. The Balaban J connectivity index is 0.000000371. The molecule has 0 aliphatic heterocycles. The van der Waals surface area contributed by atoms with Crippen LogP contribution in [0.3, 0.4) is 0 Å². The molecule has 0 aliphatic carbocycles. The molecule has 35 heavy (non-hydrogen) atoms. The number of halogens is 3. The summed E-state index contributed by atoms with van der Waals surface area (Å²) in [5, 5.41) is 8.79. The van der Waals surface area contributed by atoms with Crippen LogP contribution in [0.2, 0.25) is 0 Å². The van der Waals surface area contributed by atoms with Gasteiger partial charge in [0.25, 0.3) is 6.17 Å². The fourth-order valence-electron chi connectivity index (χ4n) is 3.25. The molecule has 0 saturated carbocycles. The van der Waals surface area contributed by atoms with Crippen LogP contribution in [0.15, 0.2) is 73.1 Å². The van der Waals surface area contributed by atoms with Crippen molar-refractivity contribution in [2.24, 2.45) is 0 Å². The van der Waals surface area contributed by atoms with E-state index >= 15 is 0 Å². The Kier molecular flexibility index (Phi) is 8.38. The van der Waals surface area contributed by atoms with E-state index in [2.05, 4.69) is 60.6 Å². The van der Waals surface area contributed by atoms with Gasteiger partial charge in [-0.2, -0.15) is 9.25 Å². The van der Waals surface area contributed by atoms with Gasteiger partial charge in [-0.1, -0.05) is 17.3 Å². The van der Waals surface area contributed by atoms with Crippen LogP contribution in [0.4, 0.5) is 18.9 Å². The highest BCUT2D eigenvalue weighted by Gasteiger charge is 2.30.